The molecule has 1 amide bonds. The van der Waals surface area contributed by atoms with Crippen molar-refractivity contribution in [2.45, 2.75) is 296 Å². The SMILES string of the molecule is CCCCC/C=C\C/C=C\C/C=C\C/C=C\CCCCCCCCCCCC(=O)OC(/C=C\CCCCCCCCCCC)C(COP(=O)([O-])OCC[N+](C)(C)C)NC(=O)CCCCC/C=C/C=C/CCCCCCCCC. The predicted octanol–water partition coefficient (Wildman–Crippen LogP) is 19.5. The lowest BCUT2D eigenvalue weighted by molar-refractivity contribution is -0.870. The molecule has 0 heterocycles. The van der Waals surface area contributed by atoms with Gasteiger partial charge in [0, 0.05) is 12.8 Å². The second kappa shape index (κ2) is 57.4. The zero-order valence-electron chi connectivity index (χ0n) is 51.6. The highest BCUT2D eigenvalue weighted by Crippen LogP contribution is 2.38. The number of likely N-dealkylation sites (N-methyl/N-ethyl adjacent to an activating group) is 1. The first-order valence-electron chi connectivity index (χ1n) is 32.4. The van der Waals surface area contributed by atoms with Gasteiger partial charge in [0.2, 0.25) is 5.91 Å². The van der Waals surface area contributed by atoms with Crippen LogP contribution in [-0.2, 0) is 27.9 Å². The Morgan fingerprint density at radius 3 is 1.28 bits per heavy atom. The van der Waals surface area contributed by atoms with E-state index in [9.17, 15) is 19.0 Å². The molecule has 0 saturated carbocycles. The number of phosphoric acid groups is 1. The van der Waals surface area contributed by atoms with Gasteiger partial charge in [-0.15, -0.1) is 0 Å². The van der Waals surface area contributed by atoms with Crippen LogP contribution in [0.3, 0.4) is 0 Å². The number of carbonyl (C=O) groups excluding carboxylic acids is 2. The Balaban J connectivity index is 5.16. The topological polar surface area (TPSA) is 114 Å². The van der Waals surface area contributed by atoms with Crippen LogP contribution in [0.2, 0.25) is 0 Å². The predicted molar refractivity (Wildman–Crippen MR) is 335 cm³/mol. The normalized spacial score (nSPS) is 14.2. The third-order valence-corrected chi connectivity index (χ3v) is 15.0. The van der Waals surface area contributed by atoms with Crippen molar-refractivity contribution in [3.63, 3.8) is 0 Å². The van der Waals surface area contributed by atoms with Gasteiger partial charge in [-0.3, -0.25) is 14.2 Å². The Labute approximate surface area is 482 Å². The van der Waals surface area contributed by atoms with E-state index in [0.29, 0.717) is 17.4 Å². The van der Waals surface area contributed by atoms with E-state index in [-0.39, 0.29) is 31.3 Å². The molecule has 0 aromatic rings. The first-order chi connectivity index (χ1) is 37.9. The largest absolute Gasteiger partial charge is 0.756 e. The van der Waals surface area contributed by atoms with Crippen molar-refractivity contribution in [1.29, 1.82) is 0 Å². The van der Waals surface area contributed by atoms with E-state index in [1.165, 1.54) is 148 Å². The number of rotatable bonds is 58. The zero-order valence-corrected chi connectivity index (χ0v) is 52.5. The maximum Gasteiger partial charge on any atom is 0.306 e. The number of carbonyl (C=O) groups is 2. The van der Waals surface area contributed by atoms with Gasteiger partial charge in [0.15, 0.2) is 0 Å². The van der Waals surface area contributed by atoms with Gasteiger partial charge in [0.25, 0.3) is 7.82 Å². The summed E-state index contributed by atoms with van der Waals surface area (Å²) in [6.07, 6.45) is 75.6. The van der Waals surface area contributed by atoms with Crippen molar-refractivity contribution in [2.75, 3.05) is 40.9 Å². The quantitative estimate of drug-likeness (QED) is 0.0161. The average Bonchev–Trinajstić information content (AvgIpc) is 3.41. The molecule has 0 aromatic carbocycles. The van der Waals surface area contributed by atoms with Crippen LogP contribution in [0.25, 0.3) is 0 Å². The van der Waals surface area contributed by atoms with Gasteiger partial charge >= 0.3 is 5.97 Å². The van der Waals surface area contributed by atoms with Gasteiger partial charge in [-0.05, 0) is 102 Å². The Hall–Kier alpha value is -2.81. The highest BCUT2D eigenvalue weighted by atomic mass is 31.2. The van der Waals surface area contributed by atoms with Crippen molar-refractivity contribution < 1.29 is 37.3 Å². The third kappa shape index (κ3) is 57.9. The third-order valence-electron chi connectivity index (χ3n) is 14.1. The zero-order chi connectivity index (χ0) is 57.2. The minimum atomic E-state index is -4.71. The Kier molecular flexibility index (Phi) is 55.4. The number of phosphoric ester groups is 1. The summed E-state index contributed by atoms with van der Waals surface area (Å²) in [5, 5.41) is 3.01. The van der Waals surface area contributed by atoms with Crippen LogP contribution in [0, 0.1) is 0 Å². The molecule has 9 nitrogen and oxygen atoms in total. The molecular formula is C68H123N2O7P. The fourth-order valence-corrected chi connectivity index (χ4v) is 9.75. The summed E-state index contributed by atoms with van der Waals surface area (Å²) >= 11 is 0. The highest BCUT2D eigenvalue weighted by Gasteiger charge is 2.27. The van der Waals surface area contributed by atoms with Crippen molar-refractivity contribution in [3.8, 4) is 0 Å². The Morgan fingerprint density at radius 1 is 0.462 bits per heavy atom. The summed E-state index contributed by atoms with van der Waals surface area (Å²) in [7, 11) is 1.16. The number of ether oxygens (including phenoxy) is 1. The number of unbranched alkanes of at least 4 members (excludes halogenated alkanes) is 31. The lowest BCUT2D eigenvalue weighted by atomic mass is 10.1. The van der Waals surface area contributed by atoms with Gasteiger partial charge in [-0.1, -0.05) is 254 Å². The fraction of sp³-hybridized carbons (Fsp3) is 0.765. The van der Waals surface area contributed by atoms with Crippen molar-refractivity contribution >= 4 is 19.7 Å². The number of esters is 1. The molecule has 0 aliphatic heterocycles. The van der Waals surface area contributed by atoms with Gasteiger partial charge in [0.1, 0.15) is 19.3 Å². The number of hydrogen-bond donors (Lipinski definition) is 1. The van der Waals surface area contributed by atoms with Crippen LogP contribution < -0.4 is 10.2 Å². The minimum Gasteiger partial charge on any atom is -0.756 e. The smallest absolute Gasteiger partial charge is 0.306 e. The number of amides is 1. The van der Waals surface area contributed by atoms with E-state index in [0.717, 1.165) is 96.3 Å². The maximum absolute atomic E-state index is 13.5. The van der Waals surface area contributed by atoms with E-state index in [1.807, 2.05) is 33.3 Å². The molecule has 0 fully saturated rings. The van der Waals surface area contributed by atoms with E-state index >= 15 is 0 Å². The molecule has 0 aliphatic rings. The first kappa shape index (κ1) is 75.2. The summed E-state index contributed by atoms with van der Waals surface area (Å²) < 4.78 is 30.3. The molecule has 3 atom stereocenters. The van der Waals surface area contributed by atoms with Crippen molar-refractivity contribution in [3.05, 3.63) is 85.1 Å². The van der Waals surface area contributed by atoms with Gasteiger partial charge in [-0.25, -0.2) is 0 Å². The Bertz CT molecular complexity index is 1610. The molecular weight excluding hydrogens is 988 g/mol. The Morgan fingerprint density at radius 2 is 0.821 bits per heavy atom. The second-order valence-electron chi connectivity index (χ2n) is 22.9. The number of quaternary nitrogens is 1. The van der Waals surface area contributed by atoms with Crippen LogP contribution in [0.15, 0.2) is 85.1 Å². The van der Waals surface area contributed by atoms with Crippen LogP contribution in [-0.4, -0.2) is 69.4 Å². The fourth-order valence-electron chi connectivity index (χ4n) is 9.03. The maximum atomic E-state index is 13.5. The summed E-state index contributed by atoms with van der Waals surface area (Å²) in [4.78, 5) is 40.0. The van der Waals surface area contributed by atoms with Gasteiger partial charge in [0.05, 0.1) is 33.8 Å². The summed E-state index contributed by atoms with van der Waals surface area (Å²) in [5.74, 6) is -0.578. The number of hydrogen-bond acceptors (Lipinski definition) is 7. The summed E-state index contributed by atoms with van der Waals surface area (Å²) in [6, 6.07) is -0.908. The molecule has 0 bridgehead atoms. The molecule has 3 unspecified atom stereocenters. The number of allylic oxidation sites excluding steroid dienone is 13. The summed E-state index contributed by atoms with van der Waals surface area (Å²) in [5.41, 5.74) is 0. The van der Waals surface area contributed by atoms with E-state index in [4.69, 9.17) is 13.8 Å². The molecule has 452 valence electrons. The molecule has 10 heteroatoms. The first-order valence-corrected chi connectivity index (χ1v) is 33.9. The van der Waals surface area contributed by atoms with Crippen LogP contribution in [0.5, 0.6) is 0 Å². The standard InChI is InChI=1S/C68H123N2O7P/c1-7-10-13-16-19-22-25-27-29-31-32-33-34-35-36-37-38-39-41-43-46-49-52-55-58-61-68(72)77-66(59-56-53-50-47-44-24-21-18-15-12-9-3)65(64-76-78(73,74)75-63-62-70(4,5)6)69-67(71)60-57-54-51-48-45-42-40-30-28-26-23-20-17-14-11-8-2/h19,22,27,29-30,32-33,35-36,40,42,45,56,59,65-66H,7-18,20-21,23-26,28,31,34,37-39,41,43-44,46-55,57-58,60-64H2,1-6H3,(H-,69,71,73,74)/b22-19-,29-27-,33-32-,36-35-,40-30+,45-42+,59-56-. The van der Waals surface area contributed by atoms with Gasteiger partial charge < -0.3 is 28.5 Å². The monoisotopic (exact) mass is 1110 g/mol. The molecule has 1 N–H and O–H groups in total. The van der Waals surface area contributed by atoms with E-state index < -0.39 is 26.6 Å². The molecule has 0 radical (unpaired) electrons. The lowest BCUT2D eigenvalue weighted by Crippen LogP contribution is -2.47. The highest BCUT2D eigenvalue weighted by molar-refractivity contribution is 7.45. The second-order valence-corrected chi connectivity index (χ2v) is 24.3. The van der Waals surface area contributed by atoms with Crippen LogP contribution >= 0.6 is 7.82 Å². The lowest BCUT2D eigenvalue weighted by Gasteiger charge is -2.30. The molecule has 0 spiro atoms. The average molecular weight is 1110 g/mol. The summed E-state index contributed by atoms with van der Waals surface area (Å²) in [6.45, 7) is 6.78. The van der Waals surface area contributed by atoms with E-state index in [1.54, 1.807) is 0 Å². The van der Waals surface area contributed by atoms with E-state index in [2.05, 4.69) is 99.0 Å². The van der Waals surface area contributed by atoms with Gasteiger partial charge in [-0.2, -0.15) is 0 Å². The van der Waals surface area contributed by atoms with Crippen LogP contribution in [0.4, 0.5) is 0 Å². The minimum absolute atomic E-state index is 0.0313. The number of nitrogens with one attached hydrogen (secondary N) is 1. The number of nitrogens with zero attached hydrogens (tertiary/aromatic N) is 1. The van der Waals surface area contributed by atoms with Crippen molar-refractivity contribution in [1.82, 2.24) is 5.32 Å². The molecule has 0 saturated heterocycles. The molecule has 78 heavy (non-hydrogen) atoms. The van der Waals surface area contributed by atoms with Crippen molar-refractivity contribution in [2.24, 2.45) is 0 Å². The molecule has 0 rings (SSSR count). The van der Waals surface area contributed by atoms with Crippen LogP contribution in [0.1, 0.15) is 284 Å². The molecule has 0 aromatic heterocycles. The molecule has 0 aliphatic carbocycles.